The average Bonchev–Trinajstić information content (AvgIpc) is 2.64. The number of benzene rings is 1. The van der Waals surface area contributed by atoms with Gasteiger partial charge in [-0.2, -0.15) is 0 Å². The summed E-state index contributed by atoms with van der Waals surface area (Å²) in [7, 11) is 3.36. The quantitative estimate of drug-likeness (QED) is 0.671. The highest BCUT2D eigenvalue weighted by molar-refractivity contribution is 5.78. The van der Waals surface area contributed by atoms with Gasteiger partial charge in [-0.25, -0.2) is 0 Å². The maximum atomic E-state index is 12.6. The summed E-state index contributed by atoms with van der Waals surface area (Å²) in [5.41, 5.74) is 2.51. The Balaban J connectivity index is 1.82. The van der Waals surface area contributed by atoms with Crippen LogP contribution < -0.4 is 4.90 Å². The van der Waals surface area contributed by atoms with Gasteiger partial charge in [-0.05, 0) is 24.6 Å². The number of ether oxygens (including phenoxy) is 2. The maximum Gasteiger partial charge on any atom is 0.236 e. The molecule has 1 aliphatic rings. The lowest BCUT2D eigenvalue weighted by molar-refractivity contribution is -0.133. The number of amides is 1. The summed E-state index contributed by atoms with van der Waals surface area (Å²) in [6.07, 6.45) is 0. The van der Waals surface area contributed by atoms with Crippen LogP contribution in [0, 0.1) is 6.92 Å². The predicted octanol–water partition coefficient (Wildman–Crippen LogP) is 1.24. The highest BCUT2D eigenvalue weighted by Crippen LogP contribution is 2.17. The van der Waals surface area contributed by atoms with E-state index in [0.29, 0.717) is 19.8 Å². The van der Waals surface area contributed by atoms with Crippen LogP contribution >= 0.6 is 0 Å². The summed E-state index contributed by atoms with van der Waals surface area (Å²) in [4.78, 5) is 19.0. The predicted molar refractivity (Wildman–Crippen MR) is 100 cm³/mol. The molecule has 1 saturated heterocycles. The lowest BCUT2D eigenvalue weighted by Crippen LogP contribution is -2.51. The minimum Gasteiger partial charge on any atom is -0.383 e. The Morgan fingerprint density at radius 3 is 2.28 bits per heavy atom. The van der Waals surface area contributed by atoms with Gasteiger partial charge in [-0.1, -0.05) is 12.1 Å². The first-order valence-corrected chi connectivity index (χ1v) is 8.93. The third-order valence-electron chi connectivity index (χ3n) is 4.58. The van der Waals surface area contributed by atoms with Crippen LogP contribution in [0.5, 0.6) is 0 Å². The zero-order chi connectivity index (χ0) is 18.1. The van der Waals surface area contributed by atoms with Gasteiger partial charge in [0.15, 0.2) is 0 Å². The summed E-state index contributed by atoms with van der Waals surface area (Å²) in [5.74, 6) is 0.191. The number of anilines is 1. The zero-order valence-electron chi connectivity index (χ0n) is 15.7. The molecule has 1 aromatic rings. The molecule has 25 heavy (non-hydrogen) atoms. The molecule has 0 spiro atoms. The number of hydrogen-bond acceptors (Lipinski definition) is 5. The summed E-state index contributed by atoms with van der Waals surface area (Å²) in [5, 5.41) is 0. The Labute approximate surface area is 151 Å². The van der Waals surface area contributed by atoms with Gasteiger partial charge in [-0.3, -0.25) is 9.69 Å². The van der Waals surface area contributed by atoms with Crippen LogP contribution in [0.15, 0.2) is 24.3 Å². The van der Waals surface area contributed by atoms with E-state index in [4.69, 9.17) is 9.47 Å². The Hall–Kier alpha value is -1.63. The van der Waals surface area contributed by atoms with Gasteiger partial charge in [0, 0.05) is 59.2 Å². The lowest BCUT2D eigenvalue weighted by Gasteiger charge is -2.37. The molecular weight excluding hydrogens is 318 g/mol. The van der Waals surface area contributed by atoms with E-state index in [2.05, 4.69) is 41.0 Å². The van der Waals surface area contributed by atoms with Crippen molar-refractivity contribution in [3.8, 4) is 0 Å². The molecule has 1 heterocycles. The normalized spacial score (nSPS) is 15.0. The third kappa shape index (κ3) is 6.30. The third-order valence-corrected chi connectivity index (χ3v) is 4.58. The highest BCUT2D eigenvalue weighted by Gasteiger charge is 2.22. The number of nitrogens with zero attached hydrogens (tertiary/aromatic N) is 3. The second-order valence-electron chi connectivity index (χ2n) is 6.47. The van der Waals surface area contributed by atoms with E-state index in [1.165, 1.54) is 11.3 Å². The van der Waals surface area contributed by atoms with Gasteiger partial charge in [0.05, 0.1) is 19.8 Å². The van der Waals surface area contributed by atoms with Crippen LogP contribution in [-0.2, 0) is 14.3 Å². The molecule has 1 aliphatic heterocycles. The number of methoxy groups -OCH3 is 2. The molecule has 6 heteroatoms. The second kappa shape index (κ2) is 10.4. The number of carbonyl (C=O) groups is 1. The molecule has 0 saturated carbocycles. The van der Waals surface area contributed by atoms with E-state index < -0.39 is 0 Å². The molecule has 1 fully saturated rings. The van der Waals surface area contributed by atoms with Crippen molar-refractivity contribution in [2.75, 3.05) is 78.1 Å². The molecule has 0 aliphatic carbocycles. The largest absolute Gasteiger partial charge is 0.383 e. The molecule has 140 valence electrons. The van der Waals surface area contributed by atoms with Gasteiger partial charge in [0.1, 0.15) is 0 Å². The molecule has 0 bridgehead atoms. The summed E-state index contributed by atoms with van der Waals surface area (Å²) in [6, 6.07) is 8.54. The molecule has 1 amide bonds. The van der Waals surface area contributed by atoms with E-state index in [0.717, 1.165) is 39.3 Å². The highest BCUT2D eigenvalue weighted by atomic mass is 16.5. The van der Waals surface area contributed by atoms with Crippen molar-refractivity contribution < 1.29 is 14.3 Å². The van der Waals surface area contributed by atoms with Gasteiger partial charge in [0.25, 0.3) is 0 Å². The molecule has 0 radical (unpaired) electrons. The molecule has 2 rings (SSSR count). The maximum absolute atomic E-state index is 12.6. The Morgan fingerprint density at radius 1 is 1.08 bits per heavy atom. The molecule has 0 N–H and O–H groups in total. The van der Waals surface area contributed by atoms with Crippen molar-refractivity contribution >= 4 is 11.6 Å². The SMILES string of the molecule is COCCN(CCOC)CC(=O)N1CCN(c2cccc(C)c2)CC1. The molecule has 1 aromatic carbocycles. The fraction of sp³-hybridized carbons (Fsp3) is 0.632. The van der Waals surface area contributed by atoms with Gasteiger partial charge >= 0.3 is 0 Å². The Morgan fingerprint density at radius 2 is 1.72 bits per heavy atom. The minimum atomic E-state index is 0.191. The standard InChI is InChI=1S/C19H31N3O3/c1-17-5-4-6-18(15-17)21-7-9-22(10-8-21)19(23)16-20(11-13-24-2)12-14-25-3/h4-6,15H,7-14,16H2,1-3H3. The molecule has 6 nitrogen and oxygen atoms in total. The summed E-state index contributed by atoms with van der Waals surface area (Å²) in [6.45, 7) is 8.58. The van der Waals surface area contributed by atoms with Crippen LogP contribution in [0.4, 0.5) is 5.69 Å². The first kappa shape index (κ1) is 19.7. The number of piperazine rings is 1. The topological polar surface area (TPSA) is 45.3 Å². The number of rotatable bonds is 9. The Kier molecular flexibility index (Phi) is 8.18. The van der Waals surface area contributed by atoms with Crippen molar-refractivity contribution in [2.24, 2.45) is 0 Å². The molecule has 0 unspecified atom stereocenters. The van der Waals surface area contributed by atoms with Crippen LogP contribution in [0.2, 0.25) is 0 Å². The van der Waals surface area contributed by atoms with E-state index in [9.17, 15) is 4.79 Å². The molecule has 0 atom stereocenters. The fourth-order valence-electron chi connectivity index (χ4n) is 3.04. The van der Waals surface area contributed by atoms with E-state index >= 15 is 0 Å². The molecule has 0 aromatic heterocycles. The number of carbonyl (C=O) groups excluding carboxylic acids is 1. The second-order valence-corrected chi connectivity index (χ2v) is 6.47. The van der Waals surface area contributed by atoms with E-state index in [1.807, 2.05) is 4.90 Å². The zero-order valence-corrected chi connectivity index (χ0v) is 15.7. The van der Waals surface area contributed by atoms with Crippen molar-refractivity contribution in [2.45, 2.75) is 6.92 Å². The summed E-state index contributed by atoms with van der Waals surface area (Å²) >= 11 is 0. The average molecular weight is 349 g/mol. The van der Waals surface area contributed by atoms with Gasteiger partial charge in [0.2, 0.25) is 5.91 Å². The van der Waals surface area contributed by atoms with Crippen LogP contribution in [0.3, 0.4) is 0 Å². The van der Waals surface area contributed by atoms with Crippen molar-refractivity contribution in [3.63, 3.8) is 0 Å². The van der Waals surface area contributed by atoms with E-state index in [-0.39, 0.29) is 5.91 Å². The summed E-state index contributed by atoms with van der Waals surface area (Å²) < 4.78 is 10.3. The minimum absolute atomic E-state index is 0.191. The molecular formula is C19H31N3O3. The van der Waals surface area contributed by atoms with Crippen LogP contribution in [0.1, 0.15) is 5.56 Å². The van der Waals surface area contributed by atoms with Crippen molar-refractivity contribution in [3.05, 3.63) is 29.8 Å². The van der Waals surface area contributed by atoms with Crippen molar-refractivity contribution in [1.29, 1.82) is 0 Å². The smallest absolute Gasteiger partial charge is 0.236 e. The fourth-order valence-corrected chi connectivity index (χ4v) is 3.04. The number of aryl methyl sites for hydroxylation is 1. The first-order chi connectivity index (χ1) is 12.1. The van der Waals surface area contributed by atoms with Crippen LogP contribution in [0.25, 0.3) is 0 Å². The lowest BCUT2D eigenvalue weighted by atomic mass is 10.2. The van der Waals surface area contributed by atoms with Gasteiger partial charge < -0.3 is 19.3 Å². The monoisotopic (exact) mass is 349 g/mol. The van der Waals surface area contributed by atoms with E-state index in [1.54, 1.807) is 14.2 Å². The van der Waals surface area contributed by atoms with Gasteiger partial charge in [-0.15, -0.1) is 0 Å². The number of hydrogen-bond donors (Lipinski definition) is 0. The Bertz CT molecular complexity index is 522. The van der Waals surface area contributed by atoms with Crippen molar-refractivity contribution in [1.82, 2.24) is 9.80 Å². The first-order valence-electron chi connectivity index (χ1n) is 8.93. The van der Waals surface area contributed by atoms with Crippen LogP contribution in [-0.4, -0.2) is 89.0 Å².